The average Bonchev–Trinajstić information content (AvgIpc) is 3.22. The normalized spacial score (nSPS) is 11.7. The van der Waals surface area contributed by atoms with Crippen LogP contribution in [0, 0.1) is 5.92 Å². The van der Waals surface area contributed by atoms with Gasteiger partial charge in [0.2, 0.25) is 0 Å². The van der Waals surface area contributed by atoms with Gasteiger partial charge in [-0.2, -0.15) is 0 Å². The molecular weight excluding hydrogens is 432 g/mol. The number of rotatable bonds is 9. The average molecular weight is 469 g/mol. The smallest absolute Gasteiger partial charge is 0.303 e. The first kappa shape index (κ1) is 26.5. The van der Waals surface area contributed by atoms with Crippen molar-refractivity contribution in [3.8, 4) is 0 Å². The molecule has 0 bridgehead atoms. The van der Waals surface area contributed by atoms with Crippen LogP contribution in [0.15, 0.2) is 60.8 Å². The number of amides is 1. The molecule has 0 radical (unpaired) electrons. The lowest BCUT2D eigenvalue weighted by Crippen LogP contribution is -2.39. The van der Waals surface area contributed by atoms with Gasteiger partial charge in [0.05, 0.1) is 0 Å². The molecule has 1 aromatic heterocycles. The Labute approximate surface area is 201 Å². The molecule has 0 aliphatic rings. The quantitative estimate of drug-likeness (QED) is 0.355. The Morgan fingerprint density at radius 2 is 1.70 bits per heavy atom. The van der Waals surface area contributed by atoms with E-state index in [2.05, 4.69) is 44.0 Å². The fourth-order valence-corrected chi connectivity index (χ4v) is 4.46. The van der Waals surface area contributed by atoms with Gasteiger partial charge in [0.25, 0.3) is 5.24 Å². The Morgan fingerprint density at radius 3 is 2.33 bits per heavy atom. The molecule has 0 saturated carbocycles. The molecule has 2 aromatic carbocycles. The van der Waals surface area contributed by atoms with E-state index in [0.717, 1.165) is 24.2 Å². The van der Waals surface area contributed by atoms with Crippen molar-refractivity contribution in [3.05, 3.63) is 71.9 Å². The van der Waals surface area contributed by atoms with Gasteiger partial charge < -0.3 is 15.0 Å². The molecule has 0 spiro atoms. The number of hydrogen-bond acceptors (Lipinski definition) is 3. The number of aromatic nitrogens is 1. The summed E-state index contributed by atoms with van der Waals surface area (Å²) in [7, 11) is 0. The van der Waals surface area contributed by atoms with Crippen molar-refractivity contribution in [2.45, 2.75) is 58.8 Å². The van der Waals surface area contributed by atoms with Gasteiger partial charge in [0.1, 0.15) is 0 Å². The molecule has 3 rings (SSSR count). The summed E-state index contributed by atoms with van der Waals surface area (Å²) in [6.45, 7) is 9.25. The highest BCUT2D eigenvalue weighted by molar-refractivity contribution is 8.12. The summed E-state index contributed by atoms with van der Waals surface area (Å²) in [5.74, 6) is 0.516. The summed E-state index contributed by atoms with van der Waals surface area (Å²) in [5, 5.41) is 9.93. The number of nitrogens with zero attached hydrogens (tertiary/aromatic N) is 1. The van der Waals surface area contributed by atoms with Crippen molar-refractivity contribution in [2.75, 3.05) is 6.54 Å². The van der Waals surface area contributed by atoms with E-state index in [-0.39, 0.29) is 11.7 Å². The summed E-state index contributed by atoms with van der Waals surface area (Å²) in [6, 6.07) is 18.5. The van der Waals surface area contributed by atoms with Gasteiger partial charge >= 0.3 is 5.97 Å². The minimum Gasteiger partial charge on any atom is -0.481 e. The fraction of sp³-hybridized carbons (Fsp3) is 0.407. The summed E-state index contributed by atoms with van der Waals surface area (Å²) in [5.41, 5.74) is 3.51. The third-order valence-electron chi connectivity index (χ3n) is 5.75. The molecule has 3 aromatic rings. The molecular formula is C27H36N2O3S. The molecule has 1 atom stereocenters. The predicted molar refractivity (Wildman–Crippen MR) is 139 cm³/mol. The number of para-hydroxylation sites is 1. The number of hydrogen-bond donors (Lipinski definition) is 2. The van der Waals surface area contributed by atoms with E-state index in [1.165, 1.54) is 28.3 Å². The number of carbonyl (C=O) groups is 2. The van der Waals surface area contributed by atoms with Crippen LogP contribution in [0.2, 0.25) is 0 Å². The van der Waals surface area contributed by atoms with E-state index in [4.69, 9.17) is 5.11 Å². The van der Waals surface area contributed by atoms with Gasteiger partial charge in [0.15, 0.2) is 0 Å². The molecule has 1 heterocycles. The van der Waals surface area contributed by atoms with Gasteiger partial charge in [0, 0.05) is 41.9 Å². The molecule has 1 amide bonds. The number of aryl methyl sites for hydroxylation is 1. The third-order valence-corrected chi connectivity index (χ3v) is 6.71. The van der Waals surface area contributed by atoms with Crippen LogP contribution >= 0.6 is 11.8 Å². The van der Waals surface area contributed by atoms with Crippen LogP contribution in [-0.4, -0.2) is 38.8 Å². The first-order valence-electron chi connectivity index (χ1n) is 11.6. The summed E-state index contributed by atoms with van der Waals surface area (Å²) in [6.07, 6.45) is 3.71. The predicted octanol–water partition coefficient (Wildman–Crippen LogP) is 6.98. The topological polar surface area (TPSA) is 73.4 Å². The first-order chi connectivity index (χ1) is 15.8. The van der Waals surface area contributed by atoms with Crippen molar-refractivity contribution >= 4 is 33.9 Å². The second-order valence-electron chi connectivity index (χ2n) is 8.42. The fourth-order valence-electron chi connectivity index (χ4n) is 3.51. The zero-order valence-corrected chi connectivity index (χ0v) is 20.9. The van der Waals surface area contributed by atoms with Crippen LogP contribution in [0.1, 0.15) is 51.7 Å². The van der Waals surface area contributed by atoms with Gasteiger partial charge in [-0.25, -0.2) is 0 Å². The van der Waals surface area contributed by atoms with E-state index in [1.54, 1.807) is 0 Å². The maximum Gasteiger partial charge on any atom is 0.303 e. The van der Waals surface area contributed by atoms with Gasteiger partial charge in [-0.05, 0) is 49.8 Å². The molecule has 2 N–H and O–H groups in total. The molecule has 0 aliphatic carbocycles. The van der Waals surface area contributed by atoms with Gasteiger partial charge in [-0.15, -0.1) is 0 Å². The van der Waals surface area contributed by atoms with Crippen LogP contribution < -0.4 is 0 Å². The van der Waals surface area contributed by atoms with Gasteiger partial charge in [-0.3, -0.25) is 9.59 Å². The number of benzene rings is 2. The largest absolute Gasteiger partial charge is 0.481 e. The summed E-state index contributed by atoms with van der Waals surface area (Å²) < 4.78 is 0. The van der Waals surface area contributed by atoms with E-state index in [1.807, 2.05) is 54.4 Å². The number of thioether (sulfide) groups is 1. The van der Waals surface area contributed by atoms with E-state index in [9.17, 15) is 9.59 Å². The minimum absolute atomic E-state index is 0.183. The van der Waals surface area contributed by atoms with Crippen LogP contribution in [0.25, 0.3) is 10.9 Å². The second kappa shape index (κ2) is 13.7. The zero-order valence-electron chi connectivity index (χ0n) is 20.1. The van der Waals surface area contributed by atoms with Crippen molar-refractivity contribution in [3.63, 3.8) is 0 Å². The monoisotopic (exact) mass is 468 g/mol. The lowest BCUT2D eigenvalue weighted by Gasteiger charge is -2.30. The van der Waals surface area contributed by atoms with Crippen molar-refractivity contribution < 1.29 is 14.7 Å². The number of nitrogens with one attached hydrogen (secondary N) is 1. The Kier molecular flexibility index (Phi) is 11.0. The standard InChI is InChI=1S/C15H23NOS.C12H13NO2/c1-5-16(13(4)12(2)3)15(17)18-11-14-9-7-6-8-10-14;14-12(15)7-3-4-9-8-13-11-6-2-1-5-10(9)11/h6-10,12-13H,5,11H2,1-4H3;1-2,5-6,8,13H,3-4,7H2,(H,14,15). The van der Waals surface area contributed by atoms with Gasteiger partial charge in [-0.1, -0.05) is 74.1 Å². The lowest BCUT2D eigenvalue weighted by atomic mass is 10.1. The number of H-pyrrole nitrogens is 1. The van der Waals surface area contributed by atoms with Crippen LogP contribution in [0.5, 0.6) is 0 Å². The second-order valence-corrected chi connectivity index (χ2v) is 9.34. The highest BCUT2D eigenvalue weighted by Gasteiger charge is 2.21. The third kappa shape index (κ3) is 8.61. The first-order valence-corrected chi connectivity index (χ1v) is 12.6. The summed E-state index contributed by atoms with van der Waals surface area (Å²) in [4.78, 5) is 27.7. The van der Waals surface area contributed by atoms with Crippen LogP contribution in [-0.2, 0) is 17.0 Å². The zero-order chi connectivity index (χ0) is 24.2. The maximum absolute atomic E-state index is 12.2. The summed E-state index contributed by atoms with van der Waals surface area (Å²) >= 11 is 1.39. The number of carboxylic acids is 1. The molecule has 33 heavy (non-hydrogen) atoms. The number of fused-ring (bicyclic) bond motifs is 1. The van der Waals surface area contributed by atoms with Crippen molar-refractivity contribution in [1.82, 2.24) is 9.88 Å². The van der Waals surface area contributed by atoms with Crippen LogP contribution in [0.3, 0.4) is 0 Å². The maximum atomic E-state index is 12.2. The number of carboxylic acid groups (broad SMARTS) is 1. The van der Waals surface area contributed by atoms with Crippen molar-refractivity contribution in [1.29, 1.82) is 0 Å². The Morgan fingerprint density at radius 1 is 1.03 bits per heavy atom. The molecule has 178 valence electrons. The number of carbonyl (C=O) groups excluding carboxylic acids is 1. The van der Waals surface area contributed by atoms with Crippen LogP contribution in [0.4, 0.5) is 4.79 Å². The van der Waals surface area contributed by atoms with E-state index >= 15 is 0 Å². The van der Waals surface area contributed by atoms with Crippen molar-refractivity contribution in [2.24, 2.45) is 5.92 Å². The molecule has 5 nitrogen and oxygen atoms in total. The Bertz CT molecular complexity index is 1000. The molecule has 0 saturated heterocycles. The SMILES string of the molecule is CCN(C(=O)SCc1ccccc1)C(C)C(C)C.O=C(O)CCCc1c[nH]c2ccccc12. The molecule has 0 aliphatic heterocycles. The van der Waals surface area contributed by atoms with E-state index < -0.39 is 5.97 Å². The number of aromatic amines is 1. The van der Waals surface area contributed by atoms with E-state index in [0.29, 0.717) is 18.4 Å². The molecule has 1 unspecified atom stereocenters. The Balaban J connectivity index is 0.000000237. The lowest BCUT2D eigenvalue weighted by molar-refractivity contribution is -0.137. The molecule has 6 heteroatoms. The minimum atomic E-state index is -0.727. The highest BCUT2D eigenvalue weighted by atomic mass is 32.2. The Hall–Kier alpha value is -2.73. The number of aliphatic carboxylic acids is 1. The molecule has 0 fully saturated rings. The highest BCUT2D eigenvalue weighted by Crippen LogP contribution is 2.21.